The lowest BCUT2D eigenvalue weighted by Crippen LogP contribution is -2.33. The van der Waals surface area contributed by atoms with Crippen molar-refractivity contribution in [2.24, 2.45) is 0 Å². The van der Waals surface area contributed by atoms with Crippen molar-refractivity contribution in [1.29, 1.82) is 0 Å². The van der Waals surface area contributed by atoms with Crippen molar-refractivity contribution >= 4 is 39.3 Å². The first-order valence-corrected chi connectivity index (χ1v) is 10.4. The van der Waals surface area contributed by atoms with E-state index in [2.05, 4.69) is 15.6 Å². The Kier molecular flexibility index (Phi) is 5.01. The smallest absolute Gasteiger partial charge is 0.245 e. The van der Waals surface area contributed by atoms with Gasteiger partial charge in [0.15, 0.2) is 16.6 Å². The summed E-state index contributed by atoms with van der Waals surface area (Å²) in [4.78, 5) is 28.7. The molecule has 5 rings (SSSR count). The molecule has 0 radical (unpaired) electrons. The summed E-state index contributed by atoms with van der Waals surface area (Å²) in [5.41, 5.74) is 2.18. The lowest BCUT2D eigenvalue weighted by atomic mass is 10.0. The third-order valence-electron chi connectivity index (χ3n) is 4.78. The van der Waals surface area contributed by atoms with Gasteiger partial charge >= 0.3 is 0 Å². The van der Waals surface area contributed by atoms with Crippen LogP contribution in [0.15, 0.2) is 58.5 Å². The van der Waals surface area contributed by atoms with Crippen molar-refractivity contribution in [3.63, 3.8) is 0 Å². The minimum absolute atomic E-state index is 0.0431. The third kappa shape index (κ3) is 3.95. The van der Waals surface area contributed by atoms with E-state index in [4.69, 9.17) is 13.9 Å². The second-order valence-corrected chi connectivity index (χ2v) is 7.71. The van der Waals surface area contributed by atoms with Gasteiger partial charge in [0.05, 0.1) is 13.0 Å². The molecule has 0 spiro atoms. The fourth-order valence-electron chi connectivity index (χ4n) is 3.39. The number of nitrogens with zero attached hydrogens (tertiary/aromatic N) is 1. The normalized spacial score (nSPS) is 12.1. The van der Waals surface area contributed by atoms with Crippen LogP contribution in [0.2, 0.25) is 0 Å². The highest BCUT2D eigenvalue weighted by Crippen LogP contribution is 2.41. The molecule has 0 bridgehead atoms. The molecule has 2 amide bonds. The van der Waals surface area contributed by atoms with Crippen LogP contribution in [0.1, 0.15) is 5.56 Å². The van der Waals surface area contributed by atoms with Gasteiger partial charge in [-0.1, -0.05) is 30.3 Å². The Hall–Kier alpha value is -3.85. The van der Waals surface area contributed by atoms with Crippen molar-refractivity contribution in [1.82, 2.24) is 10.3 Å². The quantitative estimate of drug-likeness (QED) is 0.480. The van der Waals surface area contributed by atoms with E-state index in [1.54, 1.807) is 17.6 Å². The molecule has 0 aliphatic carbocycles. The Balaban J connectivity index is 1.39. The number of anilines is 1. The van der Waals surface area contributed by atoms with Crippen LogP contribution < -0.4 is 20.1 Å². The monoisotopic (exact) mass is 435 g/mol. The second-order valence-electron chi connectivity index (χ2n) is 6.82. The SMILES string of the molecule is O=C(Cc1c(-c2ccccc2)oc2cc3c(cc12)OCO3)NCC(=O)Nc1nccs1. The van der Waals surface area contributed by atoms with Gasteiger partial charge in [-0.15, -0.1) is 11.3 Å². The molecule has 4 aromatic rings. The molecule has 3 heterocycles. The number of furan rings is 1. The average Bonchev–Trinajstić information content (AvgIpc) is 3.52. The summed E-state index contributed by atoms with van der Waals surface area (Å²) >= 11 is 1.31. The van der Waals surface area contributed by atoms with E-state index in [1.165, 1.54) is 11.3 Å². The number of ether oxygens (including phenoxy) is 2. The number of hydrogen-bond acceptors (Lipinski definition) is 7. The number of thiazole rings is 1. The molecule has 31 heavy (non-hydrogen) atoms. The Labute approximate surface area is 180 Å². The second kappa shape index (κ2) is 8.11. The van der Waals surface area contributed by atoms with Crippen molar-refractivity contribution in [3.8, 4) is 22.8 Å². The van der Waals surface area contributed by atoms with Gasteiger partial charge in [-0.25, -0.2) is 4.98 Å². The van der Waals surface area contributed by atoms with E-state index >= 15 is 0 Å². The van der Waals surface area contributed by atoms with Crippen LogP contribution in [0, 0.1) is 0 Å². The van der Waals surface area contributed by atoms with Crippen LogP contribution in [0.4, 0.5) is 5.13 Å². The number of amides is 2. The molecular formula is C22H17N3O5S. The summed E-state index contributed by atoms with van der Waals surface area (Å²) in [7, 11) is 0. The number of rotatable bonds is 6. The molecule has 0 saturated carbocycles. The summed E-state index contributed by atoms with van der Waals surface area (Å²) in [6.07, 6.45) is 1.64. The fourth-order valence-corrected chi connectivity index (χ4v) is 3.93. The molecule has 1 aliphatic rings. The molecule has 8 nitrogen and oxygen atoms in total. The van der Waals surface area contributed by atoms with Gasteiger partial charge in [-0.2, -0.15) is 0 Å². The highest BCUT2D eigenvalue weighted by atomic mass is 32.1. The number of nitrogens with one attached hydrogen (secondary N) is 2. The maximum atomic E-state index is 12.7. The van der Waals surface area contributed by atoms with Crippen molar-refractivity contribution in [3.05, 3.63) is 59.6 Å². The van der Waals surface area contributed by atoms with Crippen LogP contribution >= 0.6 is 11.3 Å². The predicted octanol–water partition coefficient (Wildman–Crippen LogP) is 3.58. The zero-order valence-corrected chi connectivity index (χ0v) is 17.0. The lowest BCUT2D eigenvalue weighted by Gasteiger charge is -2.06. The molecule has 9 heteroatoms. The molecule has 0 atom stereocenters. The first kappa shape index (κ1) is 19.1. The number of fused-ring (bicyclic) bond motifs is 2. The Bertz CT molecular complexity index is 1250. The molecule has 2 aromatic carbocycles. The largest absolute Gasteiger partial charge is 0.456 e. The zero-order chi connectivity index (χ0) is 21.2. The fraction of sp³-hybridized carbons (Fsp3) is 0.136. The molecule has 0 fully saturated rings. The first-order chi connectivity index (χ1) is 15.2. The van der Waals surface area contributed by atoms with E-state index in [1.807, 2.05) is 36.4 Å². The van der Waals surface area contributed by atoms with Crippen LogP contribution in [0.25, 0.3) is 22.3 Å². The number of benzene rings is 2. The van der Waals surface area contributed by atoms with E-state index in [9.17, 15) is 9.59 Å². The number of aromatic nitrogens is 1. The Morgan fingerprint density at radius 2 is 1.87 bits per heavy atom. The maximum absolute atomic E-state index is 12.7. The van der Waals surface area contributed by atoms with Crippen molar-refractivity contribution < 1.29 is 23.5 Å². The number of carbonyl (C=O) groups is 2. The molecule has 0 saturated heterocycles. The van der Waals surface area contributed by atoms with Crippen LogP contribution in [0.3, 0.4) is 0 Å². The Morgan fingerprint density at radius 3 is 2.65 bits per heavy atom. The minimum atomic E-state index is -0.341. The van der Waals surface area contributed by atoms with Crippen molar-refractivity contribution in [2.45, 2.75) is 6.42 Å². The van der Waals surface area contributed by atoms with Crippen LogP contribution in [-0.4, -0.2) is 30.1 Å². The summed E-state index contributed by atoms with van der Waals surface area (Å²) < 4.78 is 17.0. The molecule has 2 N–H and O–H groups in total. The van der Waals surface area contributed by atoms with Crippen LogP contribution in [-0.2, 0) is 16.0 Å². The average molecular weight is 435 g/mol. The highest BCUT2D eigenvalue weighted by molar-refractivity contribution is 7.13. The van der Waals surface area contributed by atoms with Gasteiger partial charge in [0.1, 0.15) is 11.3 Å². The van der Waals surface area contributed by atoms with Gasteiger partial charge in [0.2, 0.25) is 18.6 Å². The van der Waals surface area contributed by atoms with Gasteiger partial charge in [0, 0.05) is 34.2 Å². The van der Waals surface area contributed by atoms with E-state index in [0.717, 1.165) is 16.5 Å². The lowest BCUT2D eigenvalue weighted by molar-refractivity contribution is -0.123. The summed E-state index contributed by atoms with van der Waals surface area (Å²) in [5.74, 6) is 1.17. The number of hydrogen-bond donors (Lipinski definition) is 2. The first-order valence-electron chi connectivity index (χ1n) is 9.54. The third-order valence-corrected chi connectivity index (χ3v) is 5.47. The van der Waals surface area contributed by atoms with Gasteiger partial charge in [-0.3, -0.25) is 9.59 Å². The topological polar surface area (TPSA) is 103 Å². The standard InChI is InChI=1S/C22H17N3O5S/c26-19(24-11-20(27)25-22-23-6-7-31-22)9-15-14-8-17-18(29-12-28-17)10-16(14)30-21(15)13-4-2-1-3-5-13/h1-8,10H,9,11-12H2,(H,24,26)(H,23,25,27). The van der Waals surface area contributed by atoms with Gasteiger partial charge in [-0.05, 0) is 6.07 Å². The molecule has 1 aliphatic heterocycles. The molecular weight excluding hydrogens is 418 g/mol. The van der Waals surface area contributed by atoms with E-state index in [0.29, 0.717) is 28.0 Å². The number of carbonyl (C=O) groups excluding carboxylic acids is 2. The predicted molar refractivity (Wildman–Crippen MR) is 115 cm³/mol. The van der Waals surface area contributed by atoms with Crippen LogP contribution in [0.5, 0.6) is 11.5 Å². The summed E-state index contributed by atoms with van der Waals surface area (Å²) in [6.45, 7) is -0.00126. The minimum Gasteiger partial charge on any atom is -0.456 e. The molecule has 156 valence electrons. The van der Waals surface area contributed by atoms with Gasteiger partial charge in [0.25, 0.3) is 0 Å². The summed E-state index contributed by atoms with van der Waals surface area (Å²) in [6, 6.07) is 13.2. The van der Waals surface area contributed by atoms with E-state index in [-0.39, 0.29) is 31.6 Å². The maximum Gasteiger partial charge on any atom is 0.245 e. The highest BCUT2D eigenvalue weighted by Gasteiger charge is 2.23. The zero-order valence-electron chi connectivity index (χ0n) is 16.2. The van der Waals surface area contributed by atoms with Gasteiger partial charge < -0.3 is 24.5 Å². The Morgan fingerprint density at radius 1 is 1.06 bits per heavy atom. The van der Waals surface area contributed by atoms with Crippen molar-refractivity contribution in [2.75, 3.05) is 18.7 Å². The molecule has 0 unspecified atom stereocenters. The van der Waals surface area contributed by atoms with E-state index < -0.39 is 0 Å². The molecule has 2 aromatic heterocycles. The summed E-state index contributed by atoms with van der Waals surface area (Å²) in [5, 5.41) is 8.31.